The summed E-state index contributed by atoms with van der Waals surface area (Å²) in [6.45, 7) is 1.74. The molecule has 0 unspecified atom stereocenters. The third kappa shape index (κ3) is 2.41. The Balaban J connectivity index is 2.45. The van der Waals surface area contributed by atoms with E-state index in [1.807, 2.05) is 13.0 Å². The second-order valence-corrected chi connectivity index (χ2v) is 3.65. The maximum atomic E-state index is 11.6. The predicted molar refractivity (Wildman–Crippen MR) is 62.7 cm³/mol. The molecule has 1 aromatic carbocycles. The highest BCUT2D eigenvalue weighted by molar-refractivity contribution is 5.80. The number of hydrogen-bond donors (Lipinski definition) is 2. The molecule has 2 rings (SSSR count). The number of primary amides is 1. The molecular formula is C11H11N3O3. The largest absolute Gasteiger partial charge is 0.389 e. The third-order valence-electron chi connectivity index (χ3n) is 2.20. The summed E-state index contributed by atoms with van der Waals surface area (Å²) in [6, 6.07) is 5.25. The van der Waals surface area contributed by atoms with Crippen LogP contribution in [0.3, 0.4) is 0 Å². The summed E-state index contributed by atoms with van der Waals surface area (Å²) in [5.74, 6) is -0.557. The minimum atomic E-state index is -0.557. The molecule has 0 spiro atoms. The van der Waals surface area contributed by atoms with E-state index in [-0.39, 0.29) is 12.6 Å². The van der Waals surface area contributed by atoms with E-state index < -0.39 is 11.5 Å². The molecule has 1 aromatic heterocycles. The number of nitrogens with two attached hydrogens (primary N) is 1. The Morgan fingerprint density at radius 3 is 3.00 bits per heavy atom. The second kappa shape index (κ2) is 4.25. The zero-order chi connectivity index (χ0) is 12.4. The van der Waals surface area contributed by atoms with E-state index in [1.165, 1.54) is 0 Å². The van der Waals surface area contributed by atoms with Crippen LogP contribution >= 0.6 is 0 Å². The SMILES string of the molecule is Cc1ccc2nc(NCC(N)=O)oc(=O)c2c1. The zero-order valence-corrected chi connectivity index (χ0v) is 9.19. The summed E-state index contributed by atoms with van der Waals surface area (Å²) in [5.41, 5.74) is 5.93. The first kappa shape index (κ1) is 11.1. The van der Waals surface area contributed by atoms with Gasteiger partial charge in [0.1, 0.15) is 0 Å². The van der Waals surface area contributed by atoms with Crippen LogP contribution in [-0.4, -0.2) is 17.4 Å². The van der Waals surface area contributed by atoms with Crippen molar-refractivity contribution in [3.8, 4) is 0 Å². The predicted octanol–water partition coefficient (Wildman–Crippen LogP) is 0.394. The molecule has 0 aliphatic heterocycles. The van der Waals surface area contributed by atoms with Crippen LogP contribution in [0.2, 0.25) is 0 Å². The highest BCUT2D eigenvalue weighted by Gasteiger charge is 2.06. The second-order valence-electron chi connectivity index (χ2n) is 3.65. The van der Waals surface area contributed by atoms with Crippen molar-refractivity contribution in [1.29, 1.82) is 0 Å². The van der Waals surface area contributed by atoms with E-state index >= 15 is 0 Å². The normalized spacial score (nSPS) is 10.4. The van der Waals surface area contributed by atoms with Crippen LogP contribution in [0.1, 0.15) is 5.56 Å². The first-order valence-corrected chi connectivity index (χ1v) is 5.00. The molecule has 2 aromatic rings. The number of amides is 1. The number of nitrogens with one attached hydrogen (secondary N) is 1. The number of hydrogen-bond acceptors (Lipinski definition) is 5. The molecule has 3 N–H and O–H groups in total. The average molecular weight is 233 g/mol. The monoisotopic (exact) mass is 233 g/mol. The van der Waals surface area contributed by atoms with Gasteiger partial charge in [0.15, 0.2) is 0 Å². The van der Waals surface area contributed by atoms with E-state index in [9.17, 15) is 9.59 Å². The third-order valence-corrected chi connectivity index (χ3v) is 2.20. The fourth-order valence-electron chi connectivity index (χ4n) is 1.42. The molecular weight excluding hydrogens is 222 g/mol. The Bertz CT molecular complexity index is 633. The lowest BCUT2D eigenvalue weighted by Gasteiger charge is -2.02. The lowest BCUT2D eigenvalue weighted by Crippen LogP contribution is -2.22. The molecule has 17 heavy (non-hydrogen) atoms. The van der Waals surface area contributed by atoms with Crippen molar-refractivity contribution in [1.82, 2.24) is 4.98 Å². The smallest absolute Gasteiger partial charge is 0.348 e. The Kier molecular flexibility index (Phi) is 2.78. The van der Waals surface area contributed by atoms with Gasteiger partial charge in [-0.15, -0.1) is 0 Å². The first-order valence-electron chi connectivity index (χ1n) is 5.00. The van der Waals surface area contributed by atoms with Crippen LogP contribution < -0.4 is 16.7 Å². The molecule has 1 heterocycles. The van der Waals surface area contributed by atoms with Crippen LogP contribution in [-0.2, 0) is 4.79 Å². The fourth-order valence-corrected chi connectivity index (χ4v) is 1.42. The average Bonchev–Trinajstić information content (AvgIpc) is 2.27. The summed E-state index contributed by atoms with van der Waals surface area (Å²) in [4.78, 5) is 26.3. The number of benzene rings is 1. The molecule has 0 bridgehead atoms. The molecule has 0 radical (unpaired) electrons. The first-order chi connectivity index (χ1) is 8.06. The number of rotatable bonds is 3. The number of carbonyl (C=O) groups is 1. The van der Waals surface area contributed by atoms with Crippen LogP contribution in [0.15, 0.2) is 27.4 Å². The van der Waals surface area contributed by atoms with Crippen LogP contribution in [0.25, 0.3) is 10.9 Å². The molecule has 0 fully saturated rings. The van der Waals surface area contributed by atoms with Crippen molar-refractivity contribution in [3.05, 3.63) is 34.2 Å². The number of fused-ring (bicyclic) bond motifs is 1. The van der Waals surface area contributed by atoms with Gasteiger partial charge in [0, 0.05) is 0 Å². The maximum absolute atomic E-state index is 11.6. The molecule has 0 aliphatic carbocycles. The highest BCUT2D eigenvalue weighted by Crippen LogP contribution is 2.12. The number of nitrogens with zero attached hydrogens (tertiary/aromatic N) is 1. The van der Waals surface area contributed by atoms with Crippen LogP contribution in [0, 0.1) is 6.92 Å². The Morgan fingerprint density at radius 2 is 2.29 bits per heavy atom. The summed E-state index contributed by atoms with van der Waals surface area (Å²) in [6.07, 6.45) is 0. The lowest BCUT2D eigenvalue weighted by atomic mass is 10.2. The summed E-state index contributed by atoms with van der Waals surface area (Å²) in [5, 5.41) is 2.95. The molecule has 0 saturated carbocycles. The van der Waals surface area contributed by atoms with Gasteiger partial charge in [0.2, 0.25) is 5.91 Å². The minimum Gasteiger partial charge on any atom is -0.389 e. The summed E-state index contributed by atoms with van der Waals surface area (Å²) >= 11 is 0. The highest BCUT2D eigenvalue weighted by atomic mass is 16.4. The molecule has 0 aliphatic rings. The van der Waals surface area contributed by atoms with Gasteiger partial charge in [0.05, 0.1) is 17.4 Å². The molecule has 88 valence electrons. The van der Waals surface area contributed by atoms with Crippen molar-refractivity contribution in [2.75, 3.05) is 11.9 Å². The van der Waals surface area contributed by atoms with Gasteiger partial charge < -0.3 is 15.5 Å². The van der Waals surface area contributed by atoms with Crippen molar-refractivity contribution in [2.24, 2.45) is 5.73 Å². The van der Waals surface area contributed by atoms with E-state index in [0.29, 0.717) is 10.9 Å². The lowest BCUT2D eigenvalue weighted by molar-refractivity contribution is -0.116. The van der Waals surface area contributed by atoms with E-state index in [1.54, 1.807) is 12.1 Å². The van der Waals surface area contributed by atoms with Crippen LogP contribution in [0.5, 0.6) is 0 Å². The van der Waals surface area contributed by atoms with Crippen molar-refractivity contribution in [2.45, 2.75) is 6.92 Å². The molecule has 0 atom stereocenters. The molecule has 1 amide bonds. The summed E-state index contributed by atoms with van der Waals surface area (Å²) < 4.78 is 4.91. The number of aromatic nitrogens is 1. The molecule has 0 saturated heterocycles. The quantitative estimate of drug-likeness (QED) is 0.799. The van der Waals surface area contributed by atoms with Gasteiger partial charge in [0.25, 0.3) is 6.01 Å². The standard InChI is InChI=1S/C11H11N3O3/c1-6-2-3-8-7(4-6)10(16)17-11(14-8)13-5-9(12)15/h2-4H,5H2,1H3,(H2,12,15)(H,13,14). The van der Waals surface area contributed by atoms with Gasteiger partial charge in [-0.1, -0.05) is 11.6 Å². The maximum Gasteiger partial charge on any atom is 0.348 e. The van der Waals surface area contributed by atoms with Crippen molar-refractivity contribution in [3.63, 3.8) is 0 Å². The van der Waals surface area contributed by atoms with E-state index in [0.717, 1.165) is 5.56 Å². The fraction of sp³-hybridized carbons (Fsp3) is 0.182. The van der Waals surface area contributed by atoms with Crippen molar-refractivity contribution >= 4 is 22.8 Å². The number of carbonyl (C=O) groups excluding carboxylic acids is 1. The van der Waals surface area contributed by atoms with E-state index in [4.69, 9.17) is 10.2 Å². The Labute approximate surface area is 96.4 Å². The van der Waals surface area contributed by atoms with Gasteiger partial charge in [-0.25, -0.2) is 4.79 Å². The van der Waals surface area contributed by atoms with Gasteiger partial charge in [-0.3, -0.25) is 4.79 Å². The molecule has 6 nitrogen and oxygen atoms in total. The van der Waals surface area contributed by atoms with Crippen molar-refractivity contribution < 1.29 is 9.21 Å². The van der Waals surface area contributed by atoms with Gasteiger partial charge in [-0.2, -0.15) is 4.98 Å². The summed E-state index contributed by atoms with van der Waals surface area (Å²) in [7, 11) is 0. The Hall–Kier alpha value is -2.37. The van der Waals surface area contributed by atoms with E-state index in [2.05, 4.69) is 10.3 Å². The Morgan fingerprint density at radius 1 is 1.53 bits per heavy atom. The molecule has 6 heteroatoms. The zero-order valence-electron chi connectivity index (χ0n) is 9.19. The van der Waals surface area contributed by atoms with Gasteiger partial charge >= 0.3 is 5.63 Å². The topological polar surface area (TPSA) is 98.2 Å². The number of aryl methyl sites for hydroxylation is 1. The number of anilines is 1. The van der Waals surface area contributed by atoms with Crippen LogP contribution in [0.4, 0.5) is 6.01 Å². The minimum absolute atomic E-state index is 0.00912. The van der Waals surface area contributed by atoms with Gasteiger partial charge in [-0.05, 0) is 19.1 Å².